The third-order valence-corrected chi connectivity index (χ3v) is 5.48. The SMILES string of the molecule is C=C/C=N\C(Oc1ccc(Nc2nc3ccccc3s2)cc1)=C(/N)[C@@H]1CCOC1. The van der Waals surface area contributed by atoms with Crippen LogP contribution in [-0.4, -0.2) is 24.4 Å². The molecule has 0 aliphatic carbocycles. The van der Waals surface area contributed by atoms with Gasteiger partial charge in [-0.15, -0.1) is 0 Å². The highest BCUT2D eigenvalue weighted by Gasteiger charge is 2.22. The number of benzene rings is 2. The second-order valence-corrected chi connectivity index (χ2v) is 7.60. The van der Waals surface area contributed by atoms with Crippen molar-refractivity contribution in [3.8, 4) is 5.75 Å². The molecule has 1 fully saturated rings. The topological polar surface area (TPSA) is 81.8 Å². The first-order valence-electron chi connectivity index (χ1n) is 9.36. The molecule has 0 saturated carbocycles. The summed E-state index contributed by atoms with van der Waals surface area (Å²) in [7, 11) is 0. The van der Waals surface area contributed by atoms with Gasteiger partial charge >= 0.3 is 0 Å². The molecule has 1 aromatic heterocycles. The summed E-state index contributed by atoms with van der Waals surface area (Å²) in [5.41, 5.74) is 8.79. The van der Waals surface area contributed by atoms with Crippen LogP contribution in [0.15, 0.2) is 77.8 Å². The average molecular weight is 407 g/mol. The molecule has 6 nitrogen and oxygen atoms in total. The van der Waals surface area contributed by atoms with Crippen molar-refractivity contribution >= 4 is 38.6 Å². The van der Waals surface area contributed by atoms with E-state index < -0.39 is 0 Å². The van der Waals surface area contributed by atoms with E-state index >= 15 is 0 Å². The third kappa shape index (κ3) is 4.64. The number of para-hydroxylation sites is 1. The van der Waals surface area contributed by atoms with E-state index in [4.69, 9.17) is 15.2 Å². The van der Waals surface area contributed by atoms with Crippen molar-refractivity contribution in [3.63, 3.8) is 0 Å². The Labute approximate surface area is 173 Å². The van der Waals surface area contributed by atoms with E-state index in [1.165, 1.54) is 0 Å². The number of fused-ring (bicyclic) bond motifs is 1. The highest BCUT2D eigenvalue weighted by atomic mass is 32.1. The first-order valence-corrected chi connectivity index (χ1v) is 10.2. The van der Waals surface area contributed by atoms with Crippen molar-refractivity contribution in [2.45, 2.75) is 6.42 Å². The maximum absolute atomic E-state index is 6.29. The second kappa shape index (κ2) is 8.89. The lowest BCUT2D eigenvalue weighted by Gasteiger charge is -2.13. The normalized spacial score (nSPS) is 17.4. The van der Waals surface area contributed by atoms with E-state index in [-0.39, 0.29) is 5.92 Å². The van der Waals surface area contributed by atoms with Gasteiger partial charge in [-0.1, -0.05) is 36.1 Å². The number of nitrogens with zero attached hydrogens (tertiary/aromatic N) is 2. The summed E-state index contributed by atoms with van der Waals surface area (Å²) < 4.78 is 12.5. The van der Waals surface area contributed by atoms with Crippen molar-refractivity contribution in [1.82, 2.24) is 4.98 Å². The molecule has 0 unspecified atom stereocenters. The van der Waals surface area contributed by atoms with Crippen LogP contribution in [0.2, 0.25) is 0 Å². The Morgan fingerprint density at radius 2 is 2.10 bits per heavy atom. The summed E-state index contributed by atoms with van der Waals surface area (Å²) in [6.45, 7) is 4.95. The second-order valence-electron chi connectivity index (χ2n) is 6.57. The standard InChI is InChI=1S/C22H22N4O2S/c1-2-12-24-21(20(23)15-11-13-27-14-15)28-17-9-7-16(8-10-17)25-22-26-18-5-3-4-6-19(18)29-22/h2-10,12,15H,1,11,13-14,23H2,(H,25,26)/b21-20+,24-12-/t15-/m1/s1. The van der Waals surface area contributed by atoms with Crippen LogP contribution >= 0.6 is 11.3 Å². The fourth-order valence-corrected chi connectivity index (χ4v) is 3.89. The fraction of sp³-hybridized carbons (Fsp3) is 0.182. The van der Waals surface area contributed by atoms with Gasteiger partial charge in [-0.3, -0.25) is 0 Å². The first kappa shape index (κ1) is 19.2. The van der Waals surface area contributed by atoms with Gasteiger partial charge in [0.15, 0.2) is 5.13 Å². The lowest BCUT2D eigenvalue weighted by Crippen LogP contribution is -2.16. The van der Waals surface area contributed by atoms with Gasteiger partial charge in [-0.25, -0.2) is 9.98 Å². The van der Waals surface area contributed by atoms with Crippen LogP contribution in [0.4, 0.5) is 10.8 Å². The minimum Gasteiger partial charge on any atom is -0.437 e. The summed E-state index contributed by atoms with van der Waals surface area (Å²) >= 11 is 1.62. The molecule has 0 amide bonds. The van der Waals surface area contributed by atoms with E-state index in [9.17, 15) is 0 Å². The monoisotopic (exact) mass is 406 g/mol. The molecule has 7 heteroatoms. The summed E-state index contributed by atoms with van der Waals surface area (Å²) in [5.74, 6) is 1.15. The van der Waals surface area contributed by atoms with Gasteiger partial charge in [0.1, 0.15) is 5.75 Å². The summed E-state index contributed by atoms with van der Waals surface area (Å²) in [6.07, 6.45) is 4.03. The Morgan fingerprint density at radius 1 is 1.28 bits per heavy atom. The highest BCUT2D eigenvalue weighted by Crippen LogP contribution is 2.29. The van der Waals surface area contributed by atoms with E-state index in [0.29, 0.717) is 30.5 Å². The molecule has 0 spiro atoms. The van der Waals surface area contributed by atoms with Crippen LogP contribution in [0.1, 0.15) is 6.42 Å². The van der Waals surface area contributed by atoms with Gasteiger partial charge in [0, 0.05) is 24.4 Å². The number of ether oxygens (including phenoxy) is 2. The van der Waals surface area contributed by atoms with Gasteiger partial charge in [-0.05, 0) is 42.8 Å². The summed E-state index contributed by atoms with van der Waals surface area (Å²) in [4.78, 5) is 8.90. The number of thiazole rings is 1. The van der Waals surface area contributed by atoms with Crippen molar-refractivity contribution in [1.29, 1.82) is 0 Å². The van der Waals surface area contributed by atoms with Gasteiger partial charge in [-0.2, -0.15) is 0 Å². The number of anilines is 2. The molecule has 1 aliphatic rings. The Kier molecular flexibility index (Phi) is 5.88. The Balaban J connectivity index is 1.49. The molecule has 0 bridgehead atoms. The van der Waals surface area contributed by atoms with E-state index in [0.717, 1.165) is 27.5 Å². The zero-order chi connectivity index (χ0) is 20.1. The lowest BCUT2D eigenvalue weighted by atomic mass is 10.1. The van der Waals surface area contributed by atoms with Gasteiger partial charge < -0.3 is 20.5 Å². The van der Waals surface area contributed by atoms with Crippen LogP contribution < -0.4 is 15.8 Å². The third-order valence-electron chi connectivity index (χ3n) is 4.53. The molecule has 1 aliphatic heterocycles. The largest absolute Gasteiger partial charge is 0.437 e. The van der Waals surface area contributed by atoms with E-state index in [2.05, 4.69) is 27.9 Å². The van der Waals surface area contributed by atoms with E-state index in [1.54, 1.807) is 23.6 Å². The van der Waals surface area contributed by atoms with E-state index in [1.807, 2.05) is 42.5 Å². The fourth-order valence-electron chi connectivity index (χ4n) is 3.00. The van der Waals surface area contributed by atoms with Crippen molar-refractivity contribution in [2.24, 2.45) is 16.6 Å². The number of nitrogens with one attached hydrogen (secondary N) is 1. The van der Waals surface area contributed by atoms with Crippen LogP contribution in [0.5, 0.6) is 5.75 Å². The molecule has 2 heterocycles. The summed E-state index contributed by atoms with van der Waals surface area (Å²) in [5, 5.41) is 4.18. The predicted octanol–water partition coefficient (Wildman–Crippen LogP) is 4.84. The minimum atomic E-state index is 0.118. The van der Waals surface area contributed by atoms with Crippen molar-refractivity contribution in [3.05, 3.63) is 72.8 Å². The van der Waals surface area contributed by atoms with Crippen molar-refractivity contribution < 1.29 is 9.47 Å². The Morgan fingerprint density at radius 3 is 2.83 bits per heavy atom. The molecule has 148 valence electrons. The quantitative estimate of drug-likeness (QED) is 0.433. The number of nitrogens with two attached hydrogens (primary N) is 1. The van der Waals surface area contributed by atoms with Gasteiger partial charge in [0.05, 0.1) is 22.5 Å². The molecule has 0 radical (unpaired) electrons. The number of rotatable bonds is 7. The molecular weight excluding hydrogens is 384 g/mol. The predicted molar refractivity (Wildman–Crippen MR) is 119 cm³/mol. The Bertz CT molecular complexity index is 1020. The lowest BCUT2D eigenvalue weighted by molar-refractivity contribution is 0.189. The maximum atomic E-state index is 6.29. The van der Waals surface area contributed by atoms with Crippen LogP contribution in [0, 0.1) is 5.92 Å². The van der Waals surface area contributed by atoms with Crippen LogP contribution in [-0.2, 0) is 4.74 Å². The Hall–Kier alpha value is -3.16. The highest BCUT2D eigenvalue weighted by molar-refractivity contribution is 7.22. The number of hydrogen-bond donors (Lipinski definition) is 2. The van der Waals surface area contributed by atoms with Crippen molar-refractivity contribution in [2.75, 3.05) is 18.5 Å². The smallest absolute Gasteiger partial charge is 0.238 e. The molecular formula is C22H22N4O2S. The molecule has 4 rings (SSSR count). The first-order chi connectivity index (χ1) is 14.2. The summed E-state index contributed by atoms with van der Waals surface area (Å²) in [6, 6.07) is 15.7. The average Bonchev–Trinajstić information content (AvgIpc) is 3.41. The number of hydrogen-bond acceptors (Lipinski definition) is 7. The maximum Gasteiger partial charge on any atom is 0.238 e. The van der Waals surface area contributed by atoms with Gasteiger partial charge in [0.25, 0.3) is 0 Å². The molecule has 2 aromatic carbocycles. The molecule has 1 atom stereocenters. The molecule has 3 aromatic rings. The molecule has 3 N–H and O–H groups in total. The zero-order valence-corrected chi connectivity index (χ0v) is 16.7. The zero-order valence-electron chi connectivity index (χ0n) is 15.9. The van der Waals surface area contributed by atoms with Crippen LogP contribution in [0.3, 0.4) is 0 Å². The number of allylic oxidation sites excluding steroid dienone is 1. The minimum absolute atomic E-state index is 0.118. The molecule has 29 heavy (non-hydrogen) atoms. The van der Waals surface area contributed by atoms with Gasteiger partial charge in [0.2, 0.25) is 5.88 Å². The van der Waals surface area contributed by atoms with Crippen LogP contribution in [0.25, 0.3) is 10.2 Å². The number of aromatic nitrogens is 1. The molecule has 1 saturated heterocycles. The number of aliphatic imine (C=N–C) groups is 1.